The van der Waals surface area contributed by atoms with Gasteiger partial charge in [-0.15, -0.1) is 22.7 Å². The van der Waals surface area contributed by atoms with E-state index in [0.29, 0.717) is 6.04 Å². The summed E-state index contributed by atoms with van der Waals surface area (Å²) >= 11 is 3.61. The molecule has 2 aromatic heterocycles. The summed E-state index contributed by atoms with van der Waals surface area (Å²) in [6, 6.07) is 9.06. The van der Waals surface area contributed by atoms with E-state index in [4.69, 9.17) is 0 Å². The van der Waals surface area contributed by atoms with Crippen LogP contribution in [-0.4, -0.2) is 37.5 Å². The standard InChI is InChI=1S/C17H24N4S2/c1-18-17(19-12-14-6-4-10-22-14)20-13-15(16-7-5-11-23-16)21-8-2-3-9-21/h4-7,10-11,15H,2-3,8-9,12-13H2,1H3,(H2,18,19,20). The Morgan fingerprint density at radius 1 is 1.17 bits per heavy atom. The Morgan fingerprint density at radius 3 is 2.61 bits per heavy atom. The molecule has 0 amide bonds. The van der Waals surface area contributed by atoms with Crippen molar-refractivity contribution in [2.45, 2.75) is 25.4 Å². The maximum atomic E-state index is 4.35. The van der Waals surface area contributed by atoms with Gasteiger partial charge in [-0.05, 0) is 48.8 Å². The molecule has 0 aromatic carbocycles. The third kappa shape index (κ3) is 4.56. The Hall–Kier alpha value is -1.37. The molecule has 0 spiro atoms. The van der Waals surface area contributed by atoms with Gasteiger partial charge in [-0.3, -0.25) is 9.89 Å². The van der Waals surface area contributed by atoms with E-state index in [2.05, 4.69) is 55.6 Å². The van der Waals surface area contributed by atoms with E-state index in [-0.39, 0.29) is 0 Å². The zero-order valence-electron chi connectivity index (χ0n) is 13.5. The third-order valence-electron chi connectivity index (χ3n) is 4.15. The van der Waals surface area contributed by atoms with Crippen LogP contribution >= 0.6 is 22.7 Å². The third-order valence-corrected chi connectivity index (χ3v) is 6.00. The molecule has 4 nitrogen and oxygen atoms in total. The van der Waals surface area contributed by atoms with Gasteiger partial charge in [0.05, 0.1) is 12.6 Å². The van der Waals surface area contributed by atoms with Crippen LogP contribution in [0.15, 0.2) is 40.0 Å². The summed E-state index contributed by atoms with van der Waals surface area (Å²) in [7, 11) is 1.83. The van der Waals surface area contributed by atoms with Crippen molar-refractivity contribution >= 4 is 28.6 Å². The van der Waals surface area contributed by atoms with Gasteiger partial charge in [0.2, 0.25) is 0 Å². The maximum Gasteiger partial charge on any atom is 0.191 e. The molecule has 23 heavy (non-hydrogen) atoms. The van der Waals surface area contributed by atoms with Crippen LogP contribution in [0.1, 0.15) is 28.6 Å². The van der Waals surface area contributed by atoms with E-state index < -0.39 is 0 Å². The summed E-state index contributed by atoms with van der Waals surface area (Å²) in [5, 5.41) is 11.2. The van der Waals surface area contributed by atoms with Crippen molar-refractivity contribution in [2.75, 3.05) is 26.7 Å². The molecule has 0 aliphatic carbocycles. The summed E-state index contributed by atoms with van der Waals surface area (Å²) in [5.41, 5.74) is 0. The SMILES string of the molecule is CN=C(NCc1cccs1)NCC(c1cccs1)N1CCCC1. The molecular weight excluding hydrogens is 324 g/mol. The Bertz CT molecular complexity index is 586. The van der Waals surface area contributed by atoms with Crippen molar-refractivity contribution in [3.63, 3.8) is 0 Å². The number of rotatable bonds is 6. The first-order chi connectivity index (χ1) is 11.4. The highest BCUT2D eigenvalue weighted by Crippen LogP contribution is 2.27. The average molecular weight is 349 g/mol. The van der Waals surface area contributed by atoms with E-state index in [0.717, 1.165) is 19.0 Å². The number of hydrogen-bond acceptors (Lipinski definition) is 4. The monoisotopic (exact) mass is 348 g/mol. The highest BCUT2D eigenvalue weighted by atomic mass is 32.1. The van der Waals surface area contributed by atoms with Gasteiger partial charge in [0, 0.05) is 23.3 Å². The van der Waals surface area contributed by atoms with Crippen LogP contribution in [0.5, 0.6) is 0 Å². The lowest BCUT2D eigenvalue weighted by Crippen LogP contribution is -2.42. The molecule has 1 saturated heterocycles. The number of likely N-dealkylation sites (tertiary alicyclic amines) is 1. The van der Waals surface area contributed by atoms with Crippen LogP contribution < -0.4 is 10.6 Å². The molecule has 0 saturated carbocycles. The fraction of sp³-hybridized carbons (Fsp3) is 0.471. The molecule has 1 aliphatic heterocycles. The molecule has 124 valence electrons. The van der Waals surface area contributed by atoms with Crippen LogP contribution in [0.2, 0.25) is 0 Å². The highest BCUT2D eigenvalue weighted by molar-refractivity contribution is 7.10. The van der Waals surface area contributed by atoms with E-state index in [9.17, 15) is 0 Å². The van der Waals surface area contributed by atoms with Gasteiger partial charge in [0.25, 0.3) is 0 Å². The molecule has 1 unspecified atom stereocenters. The zero-order valence-corrected chi connectivity index (χ0v) is 15.1. The minimum Gasteiger partial charge on any atom is -0.354 e. The van der Waals surface area contributed by atoms with Crippen LogP contribution in [-0.2, 0) is 6.54 Å². The molecule has 6 heteroatoms. The van der Waals surface area contributed by atoms with Crippen molar-refractivity contribution < 1.29 is 0 Å². The predicted molar refractivity (Wildman–Crippen MR) is 100 cm³/mol. The molecule has 2 N–H and O–H groups in total. The molecule has 1 fully saturated rings. The fourth-order valence-electron chi connectivity index (χ4n) is 2.94. The summed E-state index contributed by atoms with van der Waals surface area (Å²) in [6.45, 7) is 4.12. The van der Waals surface area contributed by atoms with E-state index in [1.807, 2.05) is 18.4 Å². The molecule has 0 radical (unpaired) electrons. The van der Waals surface area contributed by atoms with E-state index in [1.165, 1.54) is 35.7 Å². The van der Waals surface area contributed by atoms with E-state index >= 15 is 0 Å². The first-order valence-electron chi connectivity index (χ1n) is 8.11. The minimum atomic E-state index is 0.442. The second-order valence-electron chi connectivity index (χ2n) is 5.66. The minimum absolute atomic E-state index is 0.442. The Balaban J connectivity index is 1.56. The molecule has 2 aromatic rings. The maximum absolute atomic E-state index is 4.35. The van der Waals surface area contributed by atoms with Crippen molar-refractivity contribution in [3.05, 3.63) is 44.8 Å². The largest absolute Gasteiger partial charge is 0.354 e. The molecule has 1 aliphatic rings. The topological polar surface area (TPSA) is 39.7 Å². The smallest absolute Gasteiger partial charge is 0.191 e. The Labute approximate surface area is 146 Å². The number of thiophene rings is 2. The second kappa shape index (κ2) is 8.47. The van der Waals surface area contributed by atoms with Crippen LogP contribution in [0.3, 0.4) is 0 Å². The van der Waals surface area contributed by atoms with Gasteiger partial charge >= 0.3 is 0 Å². The molecule has 3 rings (SSSR count). The molecule has 1 atom stereocenters. The number of nitrogens with one attached hydrogen (secondary N) is 2. The number of aliphatic imine (C=N–C) groups is 1. The highest BCUT2D eigenvalue weighted by Gasteiger charge is 2.24. The summed E-state index contributed by atoms with van der Waals surface area (Å²) in [5.74, 6) is 0.874. The van der Waals surface area contributed by atoms with Crippen molar-refractivity contribution in [1.82, 2.24) is 15.5 Å². The summed E-state index contributed by atoms with van der Waals surface area (Å²) in [6.07, 6.45) is 2.63. The van der Waals surface area contributed by atoms with Gasteiger partial charge < -0.3 is 10.6 Å². The second-order valence-corrected chi connectivity index (χ2v) is 7.67. The fourth-order valence-corrected chi connectivity index (χ4v) is 4.45. The van der Waals surface area contributed by atoms with Gasteiger partial charge in [-0.25, -0.2) is 0 Å². The molecular formula is C17H24N4S2. The average Bonchev–Trinajstić information content (AvgIpc) is 3.34. The van der Waals surface area contributed by atoms with Gasteiger partial charge in [0.1, 0.15) is 0 Å². The predicted octanol–water partition coefficient (Wildman–Crippen LogP) is 3.31. The number of guanidine groups is 1. The Kier molecular flexibility index (Phi) is 6.07. The van der Waals surface area contributed by atoms with Crippen molar-refractivity contribution in [3.8, 4) is 0 Å². The lowest BCUT2D eigenvalue weighted by Gasteiger charge is -2.27. The number of hydrogen-bond donors (Lipinski definition) is 2. The van der Waals surface area contributed by atoms with Crippen LogP contribution in [0, 0.1) is 0 Å². The summed E-state index contributed by atoms with van der Waals surface area (Å²) < 4.78 is 0. The quantitative estimate of drug-likeness (QED) is 0.621. The zero-order chi connectivity index (χ0) is 15.9. The molecule has 3 heterocycles. The van der Waals surface area contributed by atoms with Gasteiger partial charge in [0.15, 0.2) is 5.96 Å². The van der Waals surface area contributed by atoms with E-state index in [1.54, 1.807) is 11.3 Å². The summed E-state index contributed by atoms with van der Waals surface area (Å²) in [4.78, 5) is 9.70. The first kappa shape index (κ1) is 16.5. The normalized spacial score (nSPS) is 17.3. The lowest BCUT2D eigenvalue weighted by atomic mass is 10.2. The Morgan fingerprint density at radius 2 is 1.96 bits per heavy atom. The van der Waals surface area contributed by atoms with Gasteiger partial charge in [-0.1, -0.05) is 12.1 Å². The van der Waals surface area contributed by atoms with Crippen LogP contribution in [0.4, 0.5) is 0 Å². The van der Waals surface area contributed by atoms with Crippen molar-refractivity contribution in [1.29, 1.82) is 0 Å². The van der Waals surface area contributed by atoms with Crippen LogP contribution in [0.25, 0.3) is 0 Å². The first-order valence-corrected chi connectivity index (χ1v) is 9.87. The molecule has 0 bridgehead atoms. The lowest BCUT2D eigenvalue weighted by molar-refractivity contribution is 0.249. The van der Waals surface area contributed by atoms with Crippen molar-refractivity contribution in [2.24, 2.45) is 4.99 Å². The van der Waals surface area contributed by atoms with Gasteiger partial charge in [-0.2, -0.15) is 0 Å². The number of nitrogens with zero attached hydrogens (tertiary/aromatic N) is 2.